The van der Waals surface area contributed by atoms with Crippen LogP contribution >= 0.6 is 0 Å². The van der Waals surface area contributed by atoms with E-state index in [9.17, 15) is 14.9 Å². The number of aromatic carboxylic acids is 1. The van der Waals surface area contributed by atoms with Crippen molar-refractivity contribution in [2.24, 2.45) is 0 Å². The van der Waals surface area contributed by atoms with Crippen molar-refractivity contribution in [3.63, 3.8) is 0 Å². The maximum atomic E-state index is 11.0. The lowest BCUT2D eigenvalue weighted by Crippen LogP contribution is -2.35. The summed E-state index contributed by atoms with van der Waals surface area (Å²) in [6.07, 6.45) is 4.30. The molecule has 1 aromatic rings. The summed E-state index contributed by atoms with van der Waals surface area (Å²) < 4.78 is 0. The number of anilines is 1. The maximum Gasteiger partial charge on any atom is 0.337 e. The zero-order valence-corrected chi connectivity index (χ0v) is 10.2. The standard InChI is InChI=1S/C11H14N4O4/c16-11(17)8-6-9(15(18)19)10(12-7-8)13-14-4-2-1-3-5-14/h6-7H,1-5H2,(H,12,13)(H,16,17). The maximum absolute atomic E-state index is 11.0. The Hall–Kier alpha value is -2.22. The van der Waals surface area contributed by atoms with E-state index < -0.39 is 10.9 Å². The van der Waals surface area contributed by atoms with Gasteiger partial charge in [0.25, 0.3) is 0 Å². The number of pyridine rings is 1. The highest BCUT2D eigenvalue weighted by Crippen LogP contribution is 2.24. The second-order valence-electron chi connectivity index (χ2n) is 4.31. The van der Waals surface area contributed by atoms with Gasteiger partial charge < -0.3 is 5.11 Å². The number of carboxylic acids is 1. The Bertz CT molecular complexity index is 499. The molecule has 0 aliphatic carbocycles. The molecule has 0 spiro atoms. The molecular formula is C11H14N4O4. The molecule has 1 aliphatic heterocycles. The van der Waals surface area contributed by atoms with Crippen LogP contribution in [0.1, 0.15) is 29.6 Å². The normalized spacial score (nSPS) is 16.0. The first-order valence-electron chi connectivity index (χ1n) is 5.97. The van der Waals surface area contributed by atoms with E-state index in [1.807, 2.05) is 5.01 Å². The summed E-state index contributed by atoms with van der Waals surface area (Å²) in [6, 6.07) is 1.02. The molecule has 2 heterocycles. The Morgan fingerprint density at radius 3 is 2.68 bits per heavy atom. The van der Waals surface area contributed by atoms with Gasteiger partial charge in [-0.25, -0.2) is 14.8 Å². The average molecular weight is 266 g/mol. The van der Waals surface area contributed by atoms with E-state index in [0.717, 1.165) is 44.6 Å². The van der Waals surface area contributed by atoms with Crippen LogP contribution in [-0.2, 0) is 0 Å². The smallest absolute Gasteiger partial charge is 0.337 e. The number of hydrogen-bond acceptors (Lipinski definition) is 6. The summed E-state index contributed by atoms with van der Waals surface area (Å²) in [7, 11) is 0. The van der Waals surface area contributed by atoms with Crippen molar-refractivity contribution in [1.82, 2.24) is 9.99 Å². The molecule has 0 bridgehead atoms. The number of hydrazine groups is 1. The zero-order valence-electron chi connectivity index (χ0n) is 10.2. The molecule has 8 nitrogen and oxygen atoms in total. The van der Waals surface area contributed by atoms with E-state index >= 15 is 0 Å². The van der Waals surface area contributed by atoms with Crippen LogP contribution < -0.4 is 5.43 Å². The molecule has 2 N–H and O–H groups in total. The summed E-state index contributed by atoms with van der Waals surface area (Å²) in [4.78, 5) is 24.9. The SMILES string of the molecule is O=C(O)c1cnc(NN2CCCCC2)c([N+](=O)[O-])c1. The average Bonchev–Trinajstić information content (AvgIpc) is 2.39. The van der Waals surface area contributed by atoms with E-state index in [-0.39, 0.29) is 17.1 Å². The van der Waals surface area contributed by atoms with Gasteiger partial charge in [0.2, 0.25) is 5.82 Å². The number of piperidine rings is 1. The number of rotatable bonds is 4. The summed E-state index contributed by atoms with van der Waals surface area (Å²) >= 11 is 0. The van der Waals surface area contributed by atoms with Crippen molar-refractivity contribution in [2.75, 3.05) is 18.5 Å². The lowest BCUT2D eigenvalue weighted by Gasteiger charge is -2.27. The molecule has 1 aliphatic rings. The summed E-state index contributed by atoms with van der Waals surface area (Å²) in [5.74, 6) is -1.16. The monoisotopic (exact) mass is 266 g/mol. The van der Waals surface area contributed by atoms with E-state index in [2.05, 4.69) is 10.4 Å². The van der Waals surface area contributed by atoms with Gasteiger partial charge in [0, 0.05) is 25.4 Å². The van der Waals surface area contributed by atoms with Crippen LogP contribution in [0.3, 0.4) is 0 Å². The number of hydrogen-bond donors (Lipinski definition) is 2. The highest BCUT2D eigenvalue weighted by molar-refractivity contribution is 5.88. The van der Waals surface area contributed by atoms with E-state index in [0.29, 0.717) is 0 Å². The van der Waals surface area contributed by atoms with Crippen LogP contribution in [0.25, 0.3) is 0 Å². The molecule has 0 atom stereocenters. The first kappa shape index (κ1) is 13.2. The van der Waals surface area contributed by atoms with Crippen LogP contribution in [-0.4, -0.2) is 39.1 Å². The first-order valence-corrected chi connectivity index (χ1v) is 5.97. The fourth-order valence-electron chi connectivity index (χ4n) is 1.95. The molecule has 19 heavy (non-hydrogen) atoms. The number of aromatic nitrogens is 1. The zero-order chi connectivity index (χ0) is 13.8. The van der Waals surface area contributed by atoms with E-state index in [4.69, 9.17) is 5.11 Å². The predicted octanol–water partition coefficient (Wildman–Crippen LogP) is 1.50. The Balaban J connectivity index is 2.23. The molecule has 0 aromatic carbocycles. The second-order valence-corrected chi connectivity index (χ2v) is 4.31. The van der Waals surface area contributed by atoms with Crippen LogP contribution in [0.15, 0.2) is 12.3 Å². The number of nitrogens with zero attached hydrogens (tertiary/aromatic N) is 3. The summed E-state index contributed by atoms with van der Waals surface area (Å²) in [5, 5.41) is 21.6. The van der Waals surface area contributed by atoms with E-state index in [1.165, 1.54) is 0 Å². The van der Waals surface area contributed by atoms with Crippen LogP contribution in [0.4, 0.5) is 11.5 Å². The highest BCUT2D eigenvalue weighted by Gasteiger charge is 2.21. The molecule has 102 valence electrons. The molecule has 8 heteroatoms. The van der Waals surface area contributed by atoms with Gasteiger partial charge in [0.05, 0.1) is 10.5 Å². The van der Waals surface area contributed by atoms with Gasteiger partial charge in [-0.3, -0.25) is 15.5 Å². The van der Waals surface area contributed by atoms with Gasteiger partial charge >= 0.3 is 11.7 Å². The molecule has 0 saturated carbocycles. The third-order valence-electron chi connectivity index (χ3n) is 2.93. The van der Waals surface area contributed by atoms with Crippen molar-refractivity contribution in [1.29, 1.82) is 0 Å². The summed E-state index contributed by atoms with van der Waals surface area (Å²) in [6.45, 7) is 1.58. The molecule has 1 fully saturated rings. The minimum atomic E-state index is -1.24. The van der Waals surface area contributed by atoms with Crippen molar-refractivity contribution in [3.05, 3.63) is 27.9 Å². The first-order chi connectivity index (χ1) is 9.08. The lowest BCUT2D eigenvalue weighted by molar-refractivity contribution is -0.384. The van der Waals surface area contributed by atoms with Crippen molar-refractivity contribution in [2.45, 2.75) is 19.3 Å². The minimum absolute atomic E-state index is 0.0805. The second kappa shape index (κ2) is 5.61. The van der Waals surface area contributed by atoms with Crippen LogP contribution in [0.2, 0.25) is 0 Å². The molecule has 0 amide bonds. The molecular weight excluding hydrogens is 252 g/mol. The van der Waals surface area contributed by atoms with Gasteiger partial charge in [-0.05, 0) is 12.8 Å². The summed E-state index contributed by atoms with van der Waals surface area (Å²) in [5.41, 5.74) is 2.36. The highest BCUT2D eigenvalue weighted by atomic mass is 16.6. The molecule has 1 aromatic heterocycles. The molecule has 1 saturated heterocycles. The molecule has 0 radical (unpaired) electrons. The number of nitro groups is 1. The Labute approximate surface area is 109 Å². The van der Waals surface area contributed by atoms with Crippen molar-refractivity contribution < 1.29 is 14.8 Å². The minimum Gasteiger partial charge on any atom is -0.478 e. The van der Waals surface area contributed by atoms with Gasteiger partial charge in [-0.15, -0.1) is 0 Å². The largest absolute Gasteiger partial charge is 0.478 e. The fraction of sp³-hybridized carbons (Fsp3) is 0.455. The Morgan fingerprint density at radius 2 is 2.11 bits per heavy atom. The van der Waals surface area contributed by atoms with Crippen LogP contribution in [0, 0.1) is 10.1 Å². The predicted molar refractivity (Wildman–Crippen MR) is 66.9 cm³/mol. The lowest BCUT2D eigenvalue weighted by atomic mass is 10.2. The fourth-order valence-corrected chi connectivity index (χ4v) is 1.95. The Kier molecular flexibility index (Phi) is 3.91. The number of carboxylic acid groups (broad SMARTS) is 1. The van der Waals surface area contributed by atoms with Crippen LogP contribution in [0.5, 0.6) is 0 Å². The van der Waals surface area contributed by atoms with Gasteiger partial charge in [0.1, 0.15) is 0 Å². The van der Waals surface area contributed by atoms with Gasteiger partial charge in [0.15, 0.2) is 0 Å². The topological polar surface area (TPSA) is 109 Å². The van der Waals surface area contributed by atoms with Gasteiger partial charge in [-0.2, -0.15) is 0 Å². The van der Waals surface area contributed by atoms with Crippen molar-refractivity contribution >= 4 is 17.5 Å². The number of carbonyl (C=O) groups is 1. The quantitative estimate of drug-likeness (QED) is 0.627. The van der Waals surface area contributed by atoms with Gasteiger partial charge in [-0.1, -0.05) is 6.42 Å². The Morgan fingerprint density at radius 1 is 1.42 bits per heavy atom. The molecule has 0 unspecified atom stereocenters. The van der Waals surface area contributed by atoms with E-state index in [1.54, 1.807) is 0 Å². The number of nitrogens with one attached hydrogen (secondary N) is 1. The molecule has 2 rings (SSSR count). The third-order valence-corrected chi connectivity index (χ3v) is 2.93. The van der Waals surface area contributed by atoms with Crippen molar-refractivity contribution in [3.8, 4) is 0 Å². The third kappa shape index (κ3) is 3.16.